The molecule has 2 aromatic rings. The van der Waals surface area contributed by atoms with Crippen LogP contribution < -0.4 is 10.1 Å². The van der Waals surface area contributed by atoms with Gasteiger partial charge in [0.15, 0.2) is 0 Å². The summed E-state index contributed by atoms with van der Waals surface area (Å²) in [7, 11) is 1.68. The molecule has 0 aliphatic carbocycles. The normalized spacial score (nSPS) is 10.6. The van der Waals surface area contributed by atoms with Crippen molar-refractivity contribution in [1.29, 1.82) is 0 Å². The van der Waals surface area contributed by atoms with E-state index >= 15 is 0 Å². The van der Waals surface area contributed by atoms with E-state index in [0.717, 1.165) is 35.9 Å². The van der Waals surface area contributed by atoms with Crippen molar-refractivity contribution in [2.75, 3.05) is 7.11 Å². The third-order valence-corrected chi connectivity index (χ3v) is 2.95. The lowest BCUT2D eigenvalue weighted by Crippen LogP contribution is -2.13. The molecule has 0 saturated heterocycles. The summed E-state index contributed by atoms with van der Waals surface area (Å²) >= 11 is 0. The van der Waals surface area contributed by atoms with Crippen LogP contribution >= 0.6 is 0 Å². The fraction of sp³-hybridized carbons (Fsp3) is 0.357. The molecule has 0 saturated carbocycles. The number of nitrogens with one attached hydrogen (secondary N) is 1. The number of hydrogen-bond acceptors (Lipinski definition) is 4. The number of aryl methyl sites for hydroxylation is 2. The number of ether oxygens (including phenoxy) is 1. The van der Waals surface area contributed by atoms with Crippen molar-refractivity contribution in [1.82, 2.24) is 10.5 Å². The first kappa shape index (κ1) is 12.6. The topological polar surface area (TPSA) is 47.3 Å². The Hall–Kier alpha value is -1.81. The summed E-state index contributed by atoms with van der Waals surface area (Å²) in [6.07, 6.45) is 0. The maximum atomic E-state index is 5.19. The second kappa shape index (κ2) is 5.69. The summed E-state index contributed by atoms with van der Waals surface area (Å²) < 4.78 is 10.3. The average Bonchev–Trinajstić information content (AvgIpc) is 2.70. The number of nitrogens with zero attached hydrogens (tertiary/aromatic N) is 1. The zero-order valence-electron chi connectivity index (χ0n) is 11.0. The van der Waals surface area contributed by atoms with Gasteiger partial charge in [-0.3, -0.25) is 0 Å². The fourth-order valence-corrected chi connectivity index (χ4v) is 1.87. The Morgan fingerprint density at radius 1 is 1.28 bits per heavy atom. The van der Waals surface area contributed by atoms with E-state index in [1.54, 1.807) is 7.11 Å². The standard InChI is InChI=1S/C14H18N2O2/c1-10-14(11(2)18-16-10)9-15-8-12-5-4-6-13(7-12)17-3/h4-7,15H,8-9H2,1-3H3. The molecule has 1 heterocycles. The summed E-state index contributed by atoms with van der Waals surface area (Å²) in [5.74, 6) is 1.76. The molecule has 0 atom stereocenters. The third-order valence-electron chi connectivity index (χ3n) is 2.95. The van der Waals surface area contributed by atoms with Crippen molar-refractivity contribution in [2.45, 2.75) is 26.9 Å². The lowest BCUT2D eigenvalue weighted by Gasteiger charge is -2.06. The molecule has 1 aromatic carbocycles. The van der Waals surface area contributed by atoms with Gasteiger partial charge in [0.2, 0.25) is 0 Å². The summed E-state index contributed by atoms with van der Waals surface area (Å²) in [6, 6.07) is 8.03. The van der Waals surface area contributed by atoms with Crippen LogP contribution in [-0.4, -0.2) is 12.3 Å². The number of rotatable bonds is 5. The van der Waals surface area contributed by atoms with Gasteiger partial charge in [-0.25, -0.2) is 0 Å². The highest BCUT2D eigenvalue weighted by Gasteiger charge is 2.07. The molecule has 4 nitrogen and oxygen atoms in total. The number of benzene rings is 1. The molecule has 96 valence electrons. The molecule has 0 spiro atoms. The van der Waals surface area contributed by atoms with Crippen LogP contribution in [0.5, 0.6) is 5.75 Å². The van der Waals surface area contributed by atoms with E-state index in [1.807, 2.05) is 32.0 Å². The van der Waals surface area contributed by atoms with Crippen LogP contribution in [0.3, 0.4) is 0 Å². The zero-order valence-corrected chi connectivity index (χ0v) is 11.0. The Labute approximate surface area is 107 Å². The zero-order chi connectivity index (χ0) is 13.0. The van der Waals surface area contributed by atoms with Gasteiger partial charge in [-0.15, -0.1) is 0 Å². The molecule has 1 N–H and O–H groups in total. The van der Waals surface area contributed by atoms with Crippen molar-refractivity contribution in [3.05, 3.63) is 46.8 Å². The maximum Gasteiger partial charge on any atom is 0.138 e. The maximum absolute atomic E-state index is 5.19. The molecule has 1 aromatic heterocycles. The molecule has 0 aliphatic rings. The van der Waals surface area contributed by atoms with Crippen molar-refractivity contribution in [3.8, 4) is 5.75 Å². The van der Waals surface area contributed by atoms with Crippen LogP contribution in [0.1, 0.15) is 22.6 Å². The lowest BCUT2D eigenvalue weighted by atomic mass is 10.2. The van der Waals surface area contributed by atoms with Gasteiger partial charge >= 0.3 is 0 Å². The Morgan fingerprint density at radius 2 is 2.11 bits per heavy atom. The van der Waals surface area contributed by atoms with Crippen molar-refractivity contribution in [2.24, 2.45) is 0 Å². The Morgan fingerprint density at radius 3 is 2.78 bits per heavy atom. The molecular weight excluding hydrogens is 228 g/mol. The highest BCUT2D eigenvalue weighted by molar-refractivity contribution is 5.28. The van der Waals surface area contributed by atoms with E-state index in [2.05, 4.69) is 16.5 Å². The average molecular weight is 246 g/mol. The van der Waals surface area contributed by atoms with E-state index < -0.39 is 0 Å². The van der Waals surface area contributed by atoms with Gasteiger partial charge in [-0.1, -0.05) is 17.3 Å². The van der Waals surface area contributed by atoms with Gasteiger partial charge in [0.1, 0.15) is 11.5 Å². The van der Waals surface area contributed by atoms with Crippen molar-refractivity contribution < 1.29 is 9.26 Å². The van der Waals surface area contributed by atoms with Crippen LogP contribution in [0.25, 0.3) is 0 Å². The van der Waals surface area contributed by atoms with E-state index in [-0.39, 0.29) is 0 Å². The minimum atomic E-state index is 0.762. The molecule has 0 fully saturated rings. The van der Waals surface area contributed by atoms with Gasteiger partial charge in [0, 0.05) is 18.7 Å². The first-order valence-corrected chi connectivity index (χ1v) is 5.96. The molecule has 18 heavy (non-hydrogen) atoms. The highest BCUT2D eigenvalue weighted by Crippen LogP contribution is 2.14. The molecule has 2 rings (SSSR count). The highest BCUT2D eigenvalue weighted by atomic mass is 16.5. The fourth-order valence-electron chi connectivity index (χ4n) is 1.87. The van der Waals surface area contributed by atoms with Crippen molar-refractivity contribution in [3.63, 3.8) is 0 Å². The predicted molar refractivity (Wildman–Crippen MR) is 69.5 cm³/mol. The van der Waals surface area contributed by atoms with Gasteiger partial charge in [-0.05, 0) is 31.5 Å². The molecule has 4 heteroatoms. The van der Waals surface area contributed by atoms with E-state index in [4.69, 9.17) is 9.26 Å². The van der Waals surface area contributed by atoms with Crippen LogP contribution in [0, 0.1) is 13.8 Å². The minimum absolute atomic E-state index is 0.762. The molecular formula is C14H18N2O2. The quantitative estimate of drug-likeness (QED) is 0.881. The molecule has 0 amide bonds. The number of aromatic nitrogens is 1. The van der Waals surface area contributed by atoms with Gasteiger partial charge in [-0.2, -0.15) is 0 Å². The molecule has 0 radical (unpaired) electrons. The second-order valence-corrected chi connectivity index (χ2v) is 4.26. The summed E-state index contributed by atoms with van der Waals surface area (Å²) in [5.41, 5.74) is 3.28. The second-order valence-electron chi connectivity index (χ2n) is 4.26. The van der Waals surface area contributed by atoms with Crippen molar-refractivity contribution >= 4 is 0 Å². The molecule has 0 bridgehead atoms. The first-order valence-electron chi connectivity index (χ1n) is 5.96. The van der Waals surface area contributed by atoms with Gasteiger partial charge < -0.3 is 14.6 Å². The summed E-state index contributed by atoms with van der Waals surface area (Å²) in [5, 5.41) is 7.32. The Kier molecular flexibility index (Phi) is 3.99. The predicted octanol–water partition coefficient (Wildman–Crippen LogP) is 2.59. The van der Waals surface area contributed by atoms with E-state index in [9.17, 15) is 0 Å². The summed E-state index contributed by atoms with van der Waals surface area (Å²) in [6.45, 7) is 5.45. The monoisotopic (exact) mass is 246 g/mol. The van der Waals surface area contributed by atoms with Crippen LogP contribution in [0.4, 0.5) is 0 Å². The number of hydrogen-bond donors (Lipinski definition) is 1. The van der Waals surface area contributed by atoms with Gasteiger partial charge in [0.05, 0.1) is 12.8 Å². The van der Waals surface area contributed by atoms with Crippen LogP contribution in [-0.2, 0) is 13.1 Å². The lowest BCUT2D eigenvalue weighted by molar-refractivity contribution is 0.392. The molecule has 0 unspecified atom stereocenters. The van der Waals surface area contributed by atoms with E-state index in [1.165, 1.54) is 5.56 Å². The Balaban J connectivity index is 1.92. The minimum Gasteiger partial charge on any atom is -0.497 e. The Bertz CT molecular complexity index is 501. The molecule has 0 aliphatic heterocycles. The smallest absolute Gasteiger partial charge is 0.138 e. The third kappa shape index (κ3) is 2.90. The van der Waals surface area contributed by atoms with E-state index in [0.29, 0.717) is 0 Å². The van der Waals surface area contributed by atoms with Gasteiger partial charge in [0.25, 0.3) is 0 Å². The van der Waals surface area contributed by atoms with Crippen LogP contribution in [0.2, 0.25) is 0 Å². The SMILES string of the molecule is COc1cccc(CNCc2c(C)noc2C)c1. The number of methoxy groups -OCH3 is 1. The first-order chi connectivity index (χ1) is 8.70. The summed E-state index contributed by atoms with van der Waals surface area (Å²) in [4.78, 5) is 0. The van der Waals surface area contributed by atoms with Crippen LogP contribution in [0.15, 0.2) is 28.8 Å². The largest absolute Gasteiger partial charge is 0.497 e.